The summed E-state index contributed by atoms with van der Waals surface area (Å²) in [4.78, 5) is 23.7. The van der Waals surface area contributed by atoms with Crippen molar-refractivity contribution in [3.05, 3.63) is 47.0 Å². The van der Waals surface area contributed by atoms with E-state index in [1.54, 1.807) is 17.8 Å². The molecule has 0 saturated heterocycles. The minimum Gasteiger partial charge on any atom is -0.468 e. The Morgan fingerprint density at radius 2 is 2.27 bits per heavy atom. The molecule has 0 radical (unpaired) electrons. The van der Waals surface area contributed by atoms with Crippen LogP contribution < -0.4 is 0 Å². The monoisotopic (exact) mass is 316 g/mol. The summed E-state index contributed by atoms with van der Waals surface area (Å²) in [6.45, 7) is 5.81. The summed E-state index contributed by atoms with van der Waals surface area (Å²) < 4.78 is 4.72. The van der Waals surface area contributed by atoms with Crippen LogP contribution in [0, 0.1) is 0 Å². The first-order chi connectivity index (χ1) is 10.5. The van der Waals surface area contributed by atoms with Crippen molar-refractivity contribution in [1.29, 1.82) is 0 Å². The number of aryl methyl sites for hydroxylation is 1. The minimum atomic E-state index is -0.565. The van der Waals surface area contributed by atoms with Crippen molar-refractivity contribution >= 4 is 23.5 Å². The van der Waals surface area contributed by atoms with Gasteiger partial charge in [-0.25, -0.2) is 0 Å². The Hall–Kier alpha value is -1.55. The number of carbonyl (C=O) groups excluding carboxylic acids is 2. The second-order valence-electron chi connectivity index (χ2n) is 6.13. The second-order valence-corrected chi connectivity index (χ2v) is 7.32. The fraction of sp³-hybridized carbons (Fsp3) is 0.444. The zero-order chi connectivity index (χ0) is 15.9. The van der Waals surface area contributed by atoms with Crippen LogP contribution in [0.1, 0.15) is 40.8 Å². The van der Waals surface area contributed by atoms with Gasteiger partial charge in [0, 0.05) is 11.7 Å². The lowest BCUT2D eigenvalue weighted by molar-refractivity contribution is -0.137. The molecular weight excluding hydrogens is 296 g/mol. The summed E-state index contributed by atoms with van der Waals surface area (Å²) in [6, 6.07) is 4.37. The van der Waals surface area contributed by atoms with E-state index in [0.29, 0.717) is 17.4 Å². The van der Waals surface area contributed by atoms with E-state index in [1.807, 2.05) is 6.92 Å². The maximum absolute atomic E-state index is 12.3. The second kappa shape index (κ2) is 5.58. The van der Waals surface area contributed by atoms with Gasteiger partial charge in [0.05, 0.1) is 18.3 Å². The Kier molecular flexibility index (Phi) is 3.89. The zero-order valence-electron chi connectivity index (χ0n) is 13.0. The molecule has 1 unspecified atom stereocenters. The lowest BCUT2D eigenvalue weighted by atomic mass is 9.82. The number of hydrogen-bond acceptors (Lipinski definition) is 4. The fourth-order valence-electron chi connectivity index (χ4n) is 3.43. The minimum absolute atomic E-state index is 0.189. The maximum Gasteiger partial charge on any atom is 0.315 e. The van der Waals surface area contributed by atoms with Crippen LogP contribution in [-0.4, -0.2) is 24.6 Å². The molecule has 0 spiro atoms. The number of allylic oxidation sites excluding steroid dienone is 1. The molecule has 2 atom stereocenters. The Balaban J connectivity index is 1.92. The first-order valence-electron chi connectivity index (χ1n) is 7.51. The van der Waals surface area contributed by atoms with Crippen LogP contribution in [0.5, 0.6) is 0 Å². The Morgan fingerprint density at radius 1 is 1.50 bits per heavy atom. The predicted molar refractivity (Wildman–Crippen MR) is 88.2 cm³/mol. The smallest absolute Gasteiger partial charge is 0.315 e. The van der Waals surface area contributed by atoms with Crippen molar-refractivity contribution in [1.82, 2.24) is 0 Å². The Labute approximate surface area is 135 Å². The SMILES string of the molecule is C=C[C@@]1(C)C(=O)Cc2cc3c(cc21)C(SCC(=O)OC)CC3. The number of rotatable bonds is 4. The summed E-state index contributed by atoms with van der Waals surface area (Å²) in [7, 11) is 1.42. The zero-order valence-corrected chi connectivity index (χ0v) is 13.8. The lowest BCUT2D eigenvalue weighted by Gasteiger charge is -2.20. The topological polar surface area (TPSA) is 43.4 Å². The molecule has 1 aromatic rings. The molecule has 2 aliphatic rings. The number of thioether (sulfide) groups is 1. The molecule has 0 aromatic heterocycles. The number of esters is 1. The number of methoxy groups -OCH3 is 1. The van der Waals surface area contributed by atoms with Gasteiger partial charge in [-0.3, -0.25) is 9.59 Å². The molecular formula is C18H20O3S. The van der Waals surface area contributed by atoms with Gasteiger partial charge in [0.15, 0.2) is 5.78 Å². The van der Waals surface area contributed by atoms with Crippen LogP contribution in [0.25, 0.3) is 0 Å². The molecule has 0 amide bonds. The Morgan fingerprint density at radius 3 is 2.95 bits per heavy atom. The Bertz CT molecular complexity index is 665. The van der Waals surface area contributed by atoms with Gasteiger partial charge in [-0.1, -0.05) is 18.2 Å². The van der Waals surface area contributed by atoms with Crippen molar-refractivity contribution in [3.8, 4) is 0 Å². The first kappa shape index (κ1) is 15.3. The van der Waals surface area contributed by atoms with Crippen molar-refractivity contribution in [2.45, 2.75) is 36.9 Å². The van der Waals surface area contributed by atoms with Gasteiger partial charge in [-0.15, -0.1) is 18.3 Å². The van der Waals surface area contributed by atoms with Crippen LogP contribution in [0.15, 0.2) is 24.8 Å². The molecule has 0 N–H and O–H groups in total. The average Bonchev–Trinajstić information content (AvgIpc) is 3.02. The molecule has 0 heterocycles. The normalized spacial score (nSPS) is 25.7. The van der Waals surface area contributed by atoms with Crippen molar-refractivity contribution in [3.63, 3.8) is 0 Å². The van der Waals surface area contributed by atoms with Crippen LogP contribution in [-0.2, 0) is 32.6 Å². The molecule has 0 aliphatic heterocycles. The summed E-state index contributed by atoms with van der Waals surface area (Å²) in [5, 5.41) is 0.309. The highest BCUT2D eigenvalue weighted by atomic mass is 32.2. The number of carbonyl (C=O) groups is 2. The third kappa shape index (κ3) is 2.30. The number of fused-ring (bicyclic) bond motifs is 2. The standard InChI is InChI=1S/C18H20O3S/c1-4-18(2)14-9-13-11(7-12(14)8-16(18)19)5-6-15(13)22-10-17(20)21-3/h4,7,9,15H,1,5-6,8,10H2,2-3H3/t15?,18-/m1/s1. The van der Waals surface area contributed by atoms with E-state index in [4.69, 9.17) is 4.74 Å². The van der Waals surface area contributed by atoms with Crippen molar-refractivity contribution in [2.75, 3.05) is 12.9 Å². The van der Waals surface area contributed by atoms with Gasteiger partial charge in [0.1, 0.15) is 0 Å². The molecule has 1 aromatic carbocycles. The van der Waals surface area contributed by atoms with Gasteiger partial charge in [-0.2, -0.15) is 0 Å². The largest absolute Gasteiger partial charge is 0.468 e. The third-order valence-electron chi connectivity index (χ3n) is 4.92. The van der Waals surface area contributed by atoms with Gasteiger partial charge >= 0.3 is 5.97 Å². The van der Waals surface area contributed by atoms with E-state index >= 15 is 0 Å². The first-order valence-corrected chi connectivity index (χ1v) is 8.56. The fourth-order valence-corrected chi connectivity index (χ4v) is 4.57. The van der Waals surface area contributed by atoms with Crippen molar-refractivity contribution < 1.29 is 14.3 Å². The van der Waals surface area contributed by atoms with Crippen LogP contribution >= 0.6 is 11.8 Å². The van der Waals surface area contributed by atoms with E-state index in [2.05, 4.69) is 18.7 Å². The van der Waals surface area contributed by atoms with Gasteiger partial charge in [0.25, 0.3) is 0 Å². The van der Waals surface area contributed by atoms with Crippen LogP contribution in [0.3, 0.4) is 0 Å². The third-order valence-corrected chi connectivity index (χ3v) is 6.21. The highest BCUT2D eigenvalue weighted by Gasteiger charge is 2.41. The van der Waals surface area contributed by atoms with Crippen LogP contribution in [0.2, 0.25) is 0 Å². The van der Waals surface area contributed by atoms with E-state index in [1.165, 1.54) is 18.2 Å². The molecule has 0 saturated carbocycles. The van der Waals surface area contributed by atoms with E-state index in [9.17, 15) is 9.59 Å². The van der Waals surface area contributed by atoms with E-state index < -0.39 is 5.41 Å². The number of benzene rings is 1. The van der Waals surface area contributed by atoms with Gasteiger partial charge in [-0.05, 0) is 42.0 Å². The highest BCUT2D eigenvalue weighted by Crippen LogP contribution is 2.46. The number of Topliss-reactive ketones (excluding diaryl/α,β-unsaturated/α-hetero) is 1. The molecule has 3 nitrogen and oxygen atoms in total. The molecule has 3 rings (SSSR count). The number of hydrogen-bond donors (Lipinski definition) is 0. The summed E-state index contributed by atoms with van der Waals surface area (Å²) in [5.74, 6) is 0.403. The van der Waals surface area contributed by atoms with Gasteiger partial charge < -0.3 is 4.74 Å². The lowest BCUT2D eigenvalue weighted by Crippen LogP contribution is -2.25. The van der Waals surface area contributed by atoms with Gasteiger partial charge in [0.2, 0.25) is 0 Å². The van der Waals surface area contributed by atoms with E-state index in [-0.39, 0.29) is 11.8 Å². The summed E-state index contributed by atoms with van der Waals surface area (Å²) in [5.41, 5.74) is 4.27. The molecule has 0 bridgehead atoms. The summed E-state index contributed by atoms with van der Waals surface area (Å²) in [6.07, 6.45) is 4.32. The molecule has 2 aliphatic carbocycles. The van der Waals surface area contributed by atoms with Crippen LogP contribution in [0.4, 0.5) is 0 Å². The molecule has 22 heavy (non-hydrogen) atoms. The highest BCUT2D eigenvalue weighted by molar-refractivity contribution is 8.00. The predicted octanol–water partition coefficient (Wildman–Crippen LogP) is 3.15. The quantitative estimate of drug-likeness (QED) is 0.632. The molecule has 4 heteroatoms. The number of ketones is 1. The molecule has 116 valence electrons. The number of ether oxygens (including phenoxy) is 1. The van der Waals surface area contributed by atoms with E-state index in [0.717, 1.165) is 24.0 Å². The summed E-state index contributed by atoms with van der Waals surface area (Å²) >= 11 is 1.63. The maximum atomic E-state index is 12.3. The van der Waals surface area contributed by atoms with Crippen molar-refractivity contribution in [2.24, 2.45) is 0 Å². The average molecular weight is 316 g/mol. The molecule has 0 fully saturated rings.